The summed E-state index contributed by atoms with van der Waals surface area (Å²) in [6.45, 7) is 4.25. The molecule has 53 heavy (non-hydrogen) atoms. The van der Waals surface area contributed by atoms with Crippen LogP contribution in [0.25, 0.3) is 0 Å². The first kappa shape index (κ1) is 41.5. The summed E-state index contributed by atoms with van der Waals surface area (Å²) in [7, 11) is -1.89. The number of carbonyl (C=O) groups is 4. The van der Waals surface area contributed by atoms with Gasteiger partial charge in [0.15, 0.2) is 0 Å². The van der Waals surface area contributed by atoms with Crippen molar-refractivity contribution in [2.75, 3.05) is 18.6 Å². The minimum absolute atomic E-state index is 0.0835. The van der Waals surface area contributed by atoms with Gasteiger partial charge < -0.3 is 39.8 Å². The van der Waals surface area contributed by atoms with Crippen LogP contribution in [0.3, 0.4) is 0 Å². The first-order chi connectivity index (χ1) is 25.2. The number of nitrogens with one attached hydrogen (secondary N) is 3. The van der Waals surface area contributed by atoms with Gasteiger partial charge in [-0.2, -0.15) is 0 Å². The zero-order chi connectivity index (χ0) is 38.5. The smallest absolute Gasteiger partial charge is 0.449 e. The minimum Gasteiger partial charge on any atom is -0.449 e. The number of rotatable bonds is 16. The highest BCUT2D eigenvalue weighted by atomic mass is 31.2. The first-order valence-corrected chi connectivity index (χ1v) is 19.3. The lowest BCUT2D eigenvalue weighted by atomic mass is 9.73. The maximum Gasteiger partial charge on any atom is 0.481 e. The van der Waals surface area contributed by atoms with Crippen LogP contribution in [0.2, 0.25) is 0 Å². The number of nitrogens with zero attached hydrogens (tertiary/aromatic N) is 3. The molecule has 1 aromatic heterocycles. The van der Waals surface area contributed by atoms with Crippen LogP contribution in [-0.4, -0.2) is 81.8 Å². The summed E-state index contributed by atoms with van der Waals surface area (Å²) < 4.78 is 28.9. The van der Waals surface area contributed by atoms with Crippen molar-refractivity contribution in [2.24, 2.45) is 5.92 Å². The number of aromatic nitrogens is 2. The van der Waals surface area contributed by atoms with Gasteiger partial charge in [-0.1, -0.05) is 50.2 Å². The Labute approximate surface area is 310 Å². The molecule has 0 bridgehead atoms. The zero-order valence-electron chi connectivity index (χ0n) is 29.7. The van der Waals surface area contributed by atoms with E-state index in [2.05, 4.69) is 25.9 Å². The number of hydrogen-bond acceptors (Lipinski definition) is 10. The molecule has 1 aliphatic heterocycles. The van der Waals surface area contributed by atoms with E-state index < -0.39 is 56.0 Å². The van der Waals surface area contributed by atoms with E-state index in [4.69, 9.17) is 23.8 Å². The molecule has 0 saturated carbocycles. The predicted octanol–water partition coefficient (Wildman–Crippen LogP) is 2.93. The van der Waals surface area contributed by atoms with Crippen LogP contribution in [-0.2, 0) is 47.8 Å². The monoisotopic (exact) mass is 770 g/mol. The van der Waals surface area contributed by atoms with Crippen LogP contribution in [0, 0.1) is 5.92 Å². The molecule has 0 aliphatic carbocycles. The van der Waals surface area contributed by atoms with Gasteiger partial charge in [0.25, 0.3) is 5.91 Å². The third-order valence-corrected chi connectivity index (χ3v) is 10.4. The van der Waals surface area contributed by atoms with Crippen LogP contribution in [0.15, 0.2) is 67.1 Å². The van der Waals surface area contributed by atoms with Gasteiger partial charge in [0.05, 0.1) is 32.0 Å². The Hall–Kier alpha value is -4.24. The molecule has 2 unspecified atom stereocenters. The Bertz CT molecular complexity index is 1750. The fraction of sp³-hybridized carbons (Fsp3) is 0.412. The standard InChI is InChI=1S/C34H45BN6O10P2/c1-22(2)16-29(39-31(43)27(17-23-8-5-4-6-9-23)38-32(44)28-19-36-13-14-37-28)35-50-20-24-11-12-26(18-25(24)21-51-35)41(3)34(45)49-15-7-10-30(42)40-33(52)53(46,47)48/h4-6,8-9,11-14,18-19,22,27,29,33H,7,10,15-17,20-21,52H2,1-3H3,(H,38,44)(H,39,43)(H,40,42)(H2,46,47,48)/t27-,29-,33?/m1/s1. The van der Waals surface area contributed by atoms with Crippen molar-refractivity contribution in [3.8, 4) is 0 Å². The highest BCUT2D eigenvalue weighted by Crippen LogP contribution is 2.43. The van der Waals surface area contributed by atoms with Gasteiger partial charge in [0.1, 0.15) is 17.3 Å². The summed E-state index contributed by atoms with van der Waals surface area (Å²) in [4.78, 5) is 79.1. The number of anilines is 1. The molecule has 1 aliphatic rings. The molecule has 19 heteroatoms. The van der Waals surface area contributed by atoms with Crippen LogP contribution in [0.5, 0.6) is 0 Å². The number of benzene rings is 2. The Morgan fingerprint density at radius 3 is 2.40 bits per heavy atom. The molecule has 4 rings (SSSR count). The van der Waals surface area contributed by atoms with Gasteiger partial charge in [-0.15, -0.1) is 9.24 Å². The third-order valence-electron chi connectivity index (χ3n) is 8.18. The van der Waals surface area contributed by atoms with Crippen molar-refractivity contribution in [1.29, 1.82) is 0 Å². The average Bonchev–Trinajstić information content (AvgIpc) is 3.35. The maximum atomic E-state index is 13.9. The van der Waals surface area contributed by atoms with Gasteiger partial charge in [0, 0.05) is 38.0 Å². The van der Waals surface area contributed by atoms with Gasteiger partial charge >= 0.3 is 20.8 Å². The Kier molecular flexibility index (Phi) is 15.5. The highest BCUT2D eigenvalue weighted by Gasteiger charge is 2.36. The molecule has 284 valence electrons. The Morgan fingerprint density at radius 1 is 1.02 bits per heavy atom. The molecule has 2 heterocycles. The quantitative estimate of drug-likeness (QED) is 0.0807. The summed E-state index contributed by atoms with van der Waals surface area (Å²) in [5.41, 5.74) is 1.67. The van der Waals surface area contributed by atoms with Crippen LogP contribution >= 0.6 is 16.8 Å². The van der Waals surface area contributed by atoms with Gasteiger partial charge in [0.2, 0.25) is 11.8 Å². The molecule has 0 radical (unpaired) electrons. The minimum atomic E-state index is -4.48. The largest absolute Gasteiger partial charge is 0.481 e. The lowest BCUT2D eigenvalue weighted by molar-refractivity contribution is -0.123. The summed E-state index contributed by atoms with van der Waals surface area (Å²) in [5, 5.41) is 8.07. The molecule has 4 amide bonds. The molecule has 2 aromatic carbocycles. The van der Waals surface area contributed by atoms with E-state index in [0.29, 0.717) is 12.1 Å². The first-order valence-electron chi connectivity index (χ1n) is 17.0. The van der Waals surface area contributed by atoms with Crippen molar-refractivity contribution >= 4 is 53.5 Å². The van der Waals surface area contributed by atoms with E-state index in [0.717, 1.165) is 16.7 Å². The number of ether oxygens (including phenoxy) is 1. The predicted molar refractivity (Wildman–Crippen MR) is 199 cm³/mol. The maximum absolute atomic E-state index is 13.9. The molecule has 4 atom stereocenters. The van der Waals surface area contributed by atoms with E-state index in [-0.39, 0.29) is 50.7 Å². The molecule has 0 saturated heterocycles. The van der Waals surface area contributed by atoms with E-state index in [1.807, 2.05) is 59.5 Å². The zero-order valence-corrected chi connectivity index (χ0v) is 31.8. The van der Waals surface area contributed by atoms with Crippen molar-refractivity contribution in [3.05, 3.63) is 89.5 Å². The number of hydrogen-bond donors (Lipinski definition) is 5. The summed E-state index contributed by atoms with van der Waals surface area (Å²) in [5.74, 6) is -1.95. The molecular weight excluding hydrogens is 725 g/mol. The SMILES string of the molecule is CC(C)C[C@@H](NC(=O)[C@@H](Cc1ccccc1)NC(=O)c1cnccn1)B1OCc2ccc(N(C)C(=O)OCCCC(=O)NC(P)P(=O)(O)O)cc2CO1. The van der Waals surface area contributed by atoms with Gasteiger partial charge in [-0.3, -0.25) is 28.8 Å². The third kappa shape index (κ3) is 13.0. The second-order valence-corrected chi connectivity index (χ2v) is 15.8. The number of fused-ring (bicyclic) bond motifs is 1. The Morgan fingerprint density at radius 2 is 1.74 bits per heavy atom. The van der Waals surface area contributed by atoms with Crippen molar-refractivity contribution in [2.45, 2.75) is 70.3 Å². The van der Waals surface area contributed by atoms with Crippen molar-refractivity contribution < 1.29 is 47.6 Å². The average molecular weight is 771 g/mol. The summed E-state index contributed by atoms with van der Waals surface area (Å²) >= 11 is 0. The van der Waals surface area contributed by atoms with E-state index >= 15 is 0 Å². The molecule has 3 aromatic rings. The van der Waals surface area contributed by atoms with Gasteiger partial charge in [-0.25, -0.2) is 9.78 Å². The van der Waals surface area contributed by atoms with E-state index in [9.17, 15) is 23.7 Å². The summed E-state index contributed by atoms with van der Waals surface area (Å²) in [6, 6.07) is 13.7. The molecule has 16 nitrogen and oxygen atoms in total. The van der Waals surface area contributed by atoms with Gasteiger partial charge in [-0.05, 0) is 47.6 Å². The molecule has 5 N–H and O–H groups in total. The number of carbonyl (C=O) groups excluding carboxylic acids is 4. The molecular formula is C34H45BN6O10P2. The highest BCUT2D eigenvalue weighted by molar-refractivity contribution is 7.60. The fourth-order valence-electron chi connectivity index (χ4n) is 5.37. The normalized spacial score (nSPS) is 14.6. The number of amides is 4. The van der Waals surface area contributed by atoms with Crippen LogP contribution in [0.4, 0.5) is 10.5 Å². The molecule has 0 fully saturated rings. The topological polar surface area (TPSA) is 219 Å². The van der Waals surface area contributed by atoms with E-state index in [1.54, 1.807) is 12.1 Å². The lowest BCUT2D eigenvalue weighted by Gasteiger charge is -2.27. The van der Waals surface area contributed by atoms with Crippen LogP contribution in [0.1, 0.15) is 60.3 Å². The Balaban J connectivity index is 1.37. The second kappa shape index (κ2) is 19.7. The van der Waals surface area contributed by atoms with Crippen molar-refractivity contribution in [3.63, 3.8) is 0 Å². The van der Waals surface area contributed by atoms with E-state index in [1.165, 1.54) is 30.5 Å². The lowest BCUT2D eigenvalue weighted by Crippen LogP contribution is -2.56. The fourth-order valence-corrected chi connectivity index (χ4v) is 5.87. The molecule has 0 spiro atoms. The van der Waals surface area contributed by atoms with Crippen molar-refractivity contribution in [1.82, 2.24) is 25.9 Å². The van der Waals surface area contributed by atoms with Crippen LogP contribution < -0.4 is 20.9 Å². The summed E-state index contributed by atoms with van der Waals surface area (Å²) in [6.07, 6.45) is 4.33. The second-order valence-electron chi connectivity index (χ2n) is 12.9.